The smallest absolute Gasteiger partial charge is 0.0540 e. The predicted octanol–water partition coefficient (Wildman–Crippen LogP) is 16.0. The van der Waals surface area contributed by atoms with E-state index in [0.717, 1.165) is 5.69 Å². The lowest BCUT2D eigenvalue weighted by atomic mass is 9.79. The molecular formula is C58H43N. The van der Waals surface area contributed by atoms with E-state index in [1.165, 1.54) is 110 Å². The van der Waals surface area contributed by atoms with Gasteiger partial charge in [-0.05, 0) is 154 Å². The molecule has 0 N–H and O–H groups in total. The van der Waals surface area contributed by atoms with Crippen LogP contribution in [0.15, 0.2) is 188 Å². The summed E-state index contributed by atoms with van der Waals surface area (Å²) >= 11 is 0. The Kier molecular flexibility index (Phi) is 7.10. The van der Waals surface area contributed by atoms with Crippen LogP contribution in [0.4, 0.5) is 17.1 Å². The molecule has 2 aliphatic rings. The highest BCUT2D eigenvalue weighted by Gasteiger charge is 2.37. The van der Waals surface area contributed by atoms with Crippen molar-refractivity contribution in [3.63, 3.8) is 0 Å². The Morgan fingerprint density at radius 2 is 0.898 bits per heavy atom. The fraction of sp³-hybridized carbons (Fsp3) is 0.103. The summed E-state index contributed by atoms with van der Waals surface area (Å²) in [5.41, 5.74) is 16.5. The molecule has 0 unspecified atom stereocenters. The van der Waals surface area contributed by atoms with Crippen LogP contribution in [0.1, 0.15) is 49.9 Å². The van der Waals surface area contributed by atoms with Gasteiger partial charge in [0.2, 0.25) is 0 Å². The molecule has 1 heteroatoms. The molecule has 12 rings (SSSR count). The lowest BCUT2D eigenvalue weighted by Crippen LogP contribution is -2.16. The third-order valence-corrected chi connectivity index (χ3v) is 13.8. The van der Waals surface area contributed by atoms with E-state index in [0.29, 0.717) is 0 Å². The van der Waals surface area contributed by atoms with Crippen LogP contribution < -0.4 is 4.90 Å². The zero-order valence-electron chi connectivity index (χ0n) is 33.8. The first-order valence-electron chi connectivity index (χ1n) is 20.9. The van der Waals surface area contributed by atoms with Crippen LogP contribution >= 0.6 is 0 Å². The van der Waals surface area contributed by atoms with Crippen molar-refractivity contribution in [3.05, 3.63) is 210 Å². The molecule has 0 bridgehead atoms. The van der Waals surface area contributed by atoms with Crippen molar-refractivity contribution in [2.24, 2.45) is 0 Å². The Balaban J connectivity index is 1.00. The Bertz CT molecular complexity index is 3380. The maximum Gasteiger partial charge on any atom is 0.0540 e. The van der Waals surface area contributed by atoms with Crippen LogP contribution in [0.2, 0.25) is 0 Å². The lowest BCUT2D eigenvalue weighted by Gasteiger charge is -2.29. The first-order valence-corrected chi connectivity index (χ1v) is 20.9. The van der Waals surface area contributed by atoms with E-state index in [4.69, 9.17) is 0 Å². The maximum absolute atomic E-state index is 2.49. The molecule has 0 fully saturated rings. The summed E-state index contributed by atoms with van der Waals surface area (Å²) < 4.78 is 0. The van der Waals surface area contributed by atoms with Gasteiger partial charge in [-0.25, -0.2) is 0 Å². The monoisotopic (exact) mass is 753 g/mol. The van der Waals surface area contributed by atoms with Gasteiger partial charge in [0.25, 0.3) is 0 Å². The summed E-state index contributed by atoms with van der Waals surface area (Å²) in [7, 11) is 0. The number of para-hydroxylation sites is 1. The molecule has 0 heterocycles. The molecule has 0 aromatic heterocycles. The fourth-order valence-corrected chi connectivity index (χ4v) is 10.7. The molecule has 0 amide bonds. The molecule has 0 radical (unpaired) electrons. The number of nitrogens with zero attached hydrogens (tertiary/aromatic N) is 1. The minimum Gasteiger partial charge on any atom is -0.310 e. The lowest BCUT2D eigenvalue weighted by molar-refractivity contribution is 0.660. The highest BCUT2D eigenvalue weighted by atomic mass is 15.1. The van der Waals surface area contributed by atoms with Gasteiger partial charge >= 0.3 is 0 Å². The van der Waals surface area contributed by atoms with Gasteiger partial charge in [-0.3, -0.25) is 0 Å². The standard InChI is InChI=1S/C58H43N/c1-57(2)50-21-13-12-19-47(50)48-27-26-44(35-51(48)57)59(43-16-6-5-7-17-43)54-29-28-45(46-18-10-11-20-49(46)54)42-32-40-25-24-39-31-41(38-23-22-36-14-8-9-15-37(36)30-38)33-52-55(39)56(40)53(34-42)58(52,3)4/h5-35H,1-4H3. The van der Waals surface area contributed by atoms with Crippen LogP contribution in [0, 0.1) is 0 Å². The average Bonchev–Trinajstić information content (AvgIpc) is 3.65. The van der Waals surface area contributed by atoms with Gasteiger partial charge < -0.3 is 4.90 Å². The molecule has 0 saturated heterocycles. The molecule has 280 valence electrons. The molecule has 1 nitrogen and oxygen atoms in total. The number of hydrogen-bond acceptors (Lipinski definition) is 1. The Hall–Kier alpha value is -6.96. The number of rotatable bonds is 5. The van der Waals surface area contributed by atoms with Crippen LogP contribution in [-0.2, 0) is 10.8 Å². The van der Waals surface area contributed by atoms with Crippen molar-refractivity contribution in [2.45, 2.75) is 38.5 Å². The quantitative estimate of drug-likeness (QED) is 0.158. The largest absolute Gasteiger partial charge is 0.310 e. The van der Waals surface area contributed by atoms with Crippen molar-refractivity contribution >= 4 is 60.2 Å². The van der Waals surface area contributed by atoms with E-state index < -0.39 is 0 Å². The van der Waals surface area contributed by atoms with Crippen LogP contribution in [0.5, 0.6) is 0 Å². The van der Waals surface area contributed by atoms with Crippen LogP contribution in [-0.4, -0.2) is 0 Å². The number of hydrogen-bond donors (Lipinski definition) is 0. The zero-order valence-corrected chi connectivity index (χ0v) is 33.8. The van der Waals surface area contributed by atoms with Crippen LogP contribution in [0.25, 0.3) is 76.5 Å². The summed E-state index contributed by atoms with van der Waals surface area (Å²) in [5.74, 6) is 0. The van der Waals surface area contributed by atoms with Crippen molar-refractivity contribution in [3.8, 4) is 33.4 Å². The summed E-state index contributed by atoms with van der Waals surface area (Å²) in [6.45, 7) is 9.56. The third kappa shape index (κ3) is 4.91. The molecule has 0 aliphatic heterocycles. The highest BCUT2D eigenvalue weighted by Crippen LogP contribution is 2.54. The Morgan fingerprint density at radius 1 is 0.322 bits per heavy atom. The zero-order chi connectivity index (χ0) is 39.6. The Morgan fingerprint density at radius 3 is 1.69 bits per heavy atom. The maximum atomic E-state index is 2.49. The summed E-state index contributed by atoms with van der Waals surface area (Å²) in [5, 5.41) is 10.4. The minimum atomic E-state index is -0.163. The van der Waals surface area contributed by atoms with E-state index in [9.17, 15) is 0 Å². The van der Waals surface area contributed by atoms with Gasteiger partial charge in [0, 0.05) is 27.6 Å². The molecule has 0 saturated carbocycles. The van der Waals surface area contributed by atoms with Gasteiger partial charge in [-0.1, -0.05) is 155 Å². The third-order valence-electron chi connectivity index (χ3n) is 13.8. The van der Waals surface area contributed by atoms with Crippen molar-refractivity contribution in [2.75, 3.05) is 4.90 Å². The summed E-state index contributed by atoms with van der Waals surface area (Å²) in [4.78, 5) is 2.45. The number of benzene rings is 10. The number of anilines is 3. The molecule has 2 aliphatic carbocycles. The molecular weight excluding hydrogens is 711 g/mol. The molecule has 10 aromatic carbocycles. The van der Waals surface area contributed by atoms with Gasteiger partial charge in [0.15, 0.2) is 0 Å². The van der Waals surface area contributed by atoms with Gasteiger partial charge in [-0.15, -0.1) is 0 Å². The second kappa shape index (κ2) is 12.3. The first-order chi connectivity index (χ1) is 28.8. The average molecular weight is 754 g/mol. The molecule has 10 aromatic rings. The molecule has 0 atom stereocenters. The SMILES string of the molecule is CC1(C)c2ccccc2-c2ccc(N(c3ccccc3)c3ccc(-c4cc5c6c(ccc7cc(-c8ccc9ccccc9c8)cc(c76)C5(C)C)c4)c4ccccc34)cc21. The normalized spacial score (nSPS) is 14.4. The number of fused-ring (bicyclic) bond motifs is 5. The first kappa shape index (κ1) is 34.1. The Labute approximate surface area is 345 Å². The fourth-order valence-electron chi connectivity index (χ4n) is 10.7. The van der Waals surface area contributed by atoms with Crippen molar-refractivity contribution < 1.29 is 0 Å². The van der Waals surface area contributed by atoms with Crippen molar-refractivity contribution in [1.82, 2.24) is 0 Å². The topological polar surface area (TPSA) is 3.24 Å². The van der Waals surface area contributed by atoms with E-state index in [2.05, 4.69) is 221 Å². The summed E-state index contributed by atoms with van der Waals surface area (Å²) in [6.07, 6.45) is 0. The highest BCUT2D eigenvalue weighted by molar-refractivity contribution is 6.17. The van der Waals surface area contributed by atoms with Crippen molar-refractivity contribution in [1.29, 1.82) is 0 Å². The molecule has 59 heavy (non-hydrogen) atoms. The second-order valence-electron chi connectivity index (χ2n) is 17.7. The van der Waals surface area contributed by atoms with Gasteiger partial charge in [0.05, 0.1) is 5.69 Å². The second-order valence-corrected chi connectivity index (χ2v) is 17.7. The van der Waals surface area contributed by atoms with E-state index in [-0.39, 0.29) is 10.8 Å². The van der Waals surface area contributed by atoms with Crippen LogP contribution in [0.3, 0.4) is 0 Å². The van der Waals surface area contributed by atoms with E-state index in [1.54, 1.807) is 0 Å². The summed E-state index contributed by atoms with van der Waals surface area (Å²) in [6, 6.07) is 70.5. The molecule has 0 spiro atoms. The van der Waals surface area contributed by atoms with Gasteiger partial charge in [-0.2, -0.15) is 0 Å². The van der Waals surface area contributed by atoms with Gasteiger partial charge in [0.1, 0.15) is 0 Å². The van der Waals surface area contributed by atoms with E-state index >= 15 is 0 Å². The minimum absolute atomic E-state index is 0.0925. The predicted molar refractivity (Wildman–Crippen MR) is 252 cm³/mol. The van der Waals surface area contributed by atoms with E-state index in [1.807, 2.05) is 0 Å².